The van der Waals surface area contributed by atoms with Crippen LogP contribution in [0, 0.1) is 6.92 Å². The van der Waals surface area contributed by atoms with Crippen molar-refractivity contribution >= 4 is 16.9 Å². The Balaban J connectivity index is 1.27. The predicted octanol–water partition coefficient (Wildman–Crippen LogP) is 5.37. The number of ether oxygens (including phenoxy) is 3. The second-order valence-electron chi connectivity index (χ2n) is 9.48. The molecular formula is C28H34N2O4. The normalized spacial score (nSPS) is 17.9. The van der Waals surface area contributed by atoms with Gasteiger partial charge in [-0.2, -0.15) is 0 Å². The van der Waals surface area contributed by atoms with Gasteiger partial charge in [0.15, 0.2) is 0 Å². The first-order chi connectivity index (χ1) is 16.6. The third kappa shape index (κ3) is 4.98. The molecule has 2 fully saturated rings. The maximum absolute atomic E-state index is 13.2. The Kier molecular flexibility index (Phi) is 6.88. The number of hydrogen-bond acceptors (Lipinski definition) is 5. The number of nitrogens with one attached hydrogen (secondary N) is 1. The van der Waals surface area contributed by atoms with E-state index in [4.69, 9.17) is 14.2 Å². The van der Waals surface area contributed by atoms with E-state index in [9.17, 15) is 4.79 Å². The largest absolute Gasteiger partial charge is 0.492 e. The average molecular weight is 463 g/mol. The van der Waals surface area contributed by atoms with Gasteiger partial charge >= 0.3 is 5.97 Å². The summed E-state index contributed by atoms with van der Waals surface area (Å²) in [5.41, 5.74) is 4.69. The number of aryl methyl sites for hydroxylation is 1. The van der Waals surface area contributed by atoms with Crippen molar-refractivity contribution in [3.8, 4) is 5.75 Å². The molecular weight excluding hydrogens is 428 g/mol. The van der Waals surface area contributed by atoms with Crippen LogP contribution in [-0.4, -0.2) is 55.3 Å². The summed E-state index contributed by atoms with van der Waals surface area (Å²) in [6.45, 7) is 8.77. The molecule has 1 N–H and O–H groups in total. The number of fused-ring (bicyclic) bond motifs is 1. The van der Waals surface area contributed by atoms with Gasteiger partial charge in [-0.15, -0.1) is 0 Å². The highest BCUT2D eigenvalue weighted by Gasteiger charge is 2.23. The van der Waals surface area contributed by atoms with Gasteiger partial charge in [0, 0.05) is 36.2 Å². The summed E-state index contributed by atoms with van der Waals surface area (Å²) >= 11 is 0. The number of rotatable bonds is 8. The van der Waals surface area contributed by atoms with E-state index in [1.807, 2.05) is 38.1 Å². The van der Waals surface area contributed by atoms with E-state index in [2.05, 4.69) is 28.1 Å². The van der Waals surface area contributed by atoms with Gasteiger partial charge < -0.3 is 19.2 Å². The van der Waals surface area contributed by atoms with E-state index >= 15 is 0 Å². The number of H-pyrrole nitrogens is 1. The Labute approximate surface area is 201 Å². The standard InChI is InChI=1S/C28H34N2O4/c1-19-27(28(31)34-20(2)22-7-4-8-23(17-22)21-5-3-6-21)25-18-24(9-10-26(25)29-19)33-16-13-30-11-14-32-15-12-30/h4,7-10,17-18,20-21,29H,3,5-6,11-16H2,1-2H3. The van der Waals surface area contributed by atoms with Crippen molar-refractivity contribution in [3.05, 3.63) is 64.8 Å². The fourth-order valence-electron chi connectivity index (χ4n) is 4.87. The molecule has 0 amide bonds. The average Bonchev–Trinajstić information content (AvgIpc) is 3.14. The molecule has 1 saturated heterocycles. The highest BCUT2D eigenvalue weighted by molar-refractivity contribution is 6.06. The zero-order valence-corrected chi connectivity index (χ0v) is 20.1. The van der Waals surface area contributed by atoms with Gasteiger partial charge in [-0.1, -0.05) is 30.7 Å². The lowest BCUT2D eigenvalue weighted by Crippen LogP contribution is -2.38. The van der Waals surface area contributed by atoms with Gasteiger partial charge in [-0.05, 0) is 61.9 Å². The van der Waals surface area contributed by atoms with Crippen LogP contribution in [0.5, 0.6) is 5.75 Å². The fourth-order valence-corrected chi connectivity index (χ4v) is 4.87. The molecule has 0 bridgehead atoms. The molecule has 1 aromatic heterocycles. The van der Waals surface area contributed by atoms with Gasteiger partial charge in [0.1, 0.15) is 18.5 Å². The maximum Gasteiger partial charge on any atom is 0.341 e. The number of carbonyl (C=O) groups is 1. The highest BCUT2D eigenvalue weighted by atomic mass is 16.5. The van der Waals surface area contributed by atoms with Crippen LogP contribution in [0.3, 0.4) is 0 Å². The summed E-state index contributed by atoms with van der Waals surface area (Å²) in [7, 11) is 0. The summed E-state index contributed by atoms with van der Waals surface area (Å²) in [5, 5.41) is 0.835. The molecule has 1 saturated carbocycles. The SMILES string of the molecule is Cc1[nH]c2ccc(OCCN3CCOCC3)cc2c1C(=O)OC(C)c1cccc(C2CCC2)c1. The molecule has 2 aliphatic rings. The zero-order chi connectivity index (χ0) is 23.5. The van der Waals surface area contributed by atoms with Crippen molar-refractivity contribution in [1.82, 2.24) is 9.88 Å². The zero-order valence-electron chi connectivity index (χ0n) is 20.1. The number of aromatic amines is 1. The summed E-state index contributed by atoms with van der Waals surface area (Å²) in [5.74, 6) is 1.10. The number of nitrogens with zero attached hydrogens (tertiary/aromatic N) is 1. The first-order valence-corrected chi connectivity index (χ1v) is 12.4. The molecule has 5 rings (SSSR count). The van der Waals surface area contributed by atoms with Gasteiger partial charge in [-0.25, -0.2) is 4.79 Å². The van der Waals surface area contributed by atoms with Crippen LogP contribution < -0.4 is 4.74 Å². The third-order valence-electron chi connectivity index (χ3n) is 7.18. The second kappa shape index (κ2) is 10.2. The minimum Gasteiger partial charge on any atom is -0.492 e. The lowest BCUT2D eigenvalue weighted by atomic mass is 9.79. The van der Waals surface area contributed by atoms with Crippen LogP contribution >= 0.6 is 0 Å². The minimum absolute atomic E-state index is 0.309. The van der Waals surface area contributed by atoms with Crippen LogP contribution in [0.15, 0.2) is 42.5 Å². The summed E-state index contributed by atoms with van der Waals surface area (Å²) in [4.78, 5) is 18.9. The van der Waals surface area contributed by atoms with Crippen LogP contribution in [-0.2, 0) is 9.47 Å². The number of morpholine rings is 1. The molecule has 3 aromatic rings. The lowest BCUT2D eigenvalue weighted by molar-refractivity contribution is 0.0322. The monoisotopic (exact) mass is 462 g/mol. The first kappa shape index (κ1) is 22.9. The second-order valence-corrected chi connectivity index (χ2v) is 9.48. The van der Waals surface area contributed by atoms with Crippen molar-refractivity contribution in [2.24, 2.45) is 0 Å². The quantitative estimate of drug-likeness (QED) is 0.456. The number of hydrogen-bond donors (Lipinski definition) is 1. The molecule has 1 unspecified atom stereocenters. The minimum atomic E-state index is -0.315. The molecule has 2 aromatic carbocycles. The highest BCUT2D eigenvalue weighted by Crippen LogP contribution is 2.37. The molecule has 0 radical (unpaired) electrons. The fraction of sp³-hybridized carbons (Fsp3) is 0.464. The summed E-state index contributed by atoms with van der Waals surface area (Å²) in [6, 6.07) is 14.4. The van der Waals surface area contributed by atoms with Crippen molar-refractivity contribution < 1.29 is 19.0 Å². The van der Waals surface area contributed by atoms with Gasteiger partial charge in [0.2, 0.25) is 0 Å². The van der Waals surface area contributed by atoms with Crippen LogP contribution in [0.2, 0.25) is 0 Å². The lowest BCUT2D eigenvalue weighted by Gasteiger charge is -2.26. The van der Waals surface area contributed by atoms with Crippen LogP contribution in [0.25, 0.3) is 10.9 Å². The Hall–Kier alpha value is -2.83. The Bertz CT molecular complexity index is 1140. The van der Waals surface area contributed by atoms with Crippen molar-refractivity contribution in [2.75, 3.05) is 39.5 Å². The summed E-state index contributed by atoms with van der Waals surface area (Å²) < 4.78 is 17.4. The number of esters is 1. The number of benzene rings is 2. The maximum atomic E-state index is 13.2. The van der Waals surface area contributed by atoms with E-state index < -0.39 is 0 Å². The van der Waals surface area contributed by atoms with E-state index in [0.717, 1.165) is 60.8 Å². The molecule has 34 heavy (non-hydrogen) atoms. The molecule has 1 aliphatic carbocycles. The Morgan fingerprint density at radius 2 is 2.00 bits per heavy atom. The Morgan fingerprint density at radius 3 is 2.76 bits per heavy atom. The van der Waals surface area contributed by atoms with Crippen LogP contribution in [0.4, 0.5) is 0 Å². The van der Waals surface area contributed by atoms with E-state index in [1.54, 1.807) is 0 Å². The van der Waals surface area contributed by atoms with Crippen molar-refractivity contribution in [1.29, 1.82) is 0 Å². The van der Waals surface area contributed by atoms with E-state index in [0.29, 0.717) is 18.1 Å². The Morgan fingerprint density at radius 1 is 1.18 bits per heavy atom. The van der Waals surface area contributed by atoms with Gasteiger partial charge in [0.25, 0.3) is 0 Å². The molecule has 180 valence electrons. The van der Waals surface area contributed by atoms with Gasteiger partial charge in [-0.3, -0.25) is 4.90 Å². The smallest absolute Gasteiger partial charge is 0.341 e. The number of aromatic nitrogens is 1. The third-order valence-corrected chi connectivity index (χ3v) is 7.18. The topological polar surface area (TPSA) is 63.8 Å². The first-order valence-electron chi connectivity index (χ1n) is 12.4. The van der Waals surface area contributed by atoms with Crippen LogP contribution in [0.1, 0.15) is 65.4 Å². The molecule has 2 heterocycles. The molecule has 6 nitrogen and oxygen atoms in total. The molecule has 1 aliphatic heterocycles. The summed E-state index contributed by atoms with van der Waals surface area (Å²) in [6.07, 6.45) is 3.49. The van der Waals surface area contributed by atoms with E-state index in [-0.39, 0.29) is 12.1 Å². The molecule has 1 atom stereocenters. The van der Waals surface area contributed by atoms with E-state index in [1.165, 1.54) is 24.8 Å². The predicted molar refractivity (Wildman–Crippen MR) is 133 cm³/mol. The molecule has 0 spiro atoms. The van der Waals surface area contributed by atoms with Crippen molar-refractivity contribution in [3.63, 3.8) is 0 Å². The molecule has 6 heteroatoms. The van der Waals surface area contributed by atoms with Crippen molar-refractivity contribution in [2.45, 2.75) is 45.1 Å². The van der Waals surface area contributed by atoms with Gasteiger partial charge in [0.05, 0.1) is 18.8 Å². The number of carbonyl (C=O) groups excluding carboxylic acids is 1.